The van der Waals surface area contributed by atoms with Crippen LogP contribution in [0.15, 0.2) is 0 Å². The van der Waals surface area contributed by atoms with Crippen molar-refractivity contribution in [1.82, 2.24) is 0 Å². The summed E-state index contributed by atoms with van der Waals surface area (Å²) >= 11 is 0. The molecule has 1 unspecified atom stereocenters. The molecule has 5 heteroatoms. The van der Waals surface area contributed by atoms with Crippen LogP contribution in [-0.2, 0) is 9.31 Å². The monoisotopic (exact) mass is 244 g/mol. The Morgan fingerprint density at radius 1 is 1.00 bits per heavy atom. The first-order valence-electron chi connectivity index (χ1n) is 6.36. The Balaban J connectivity index is 1.88. The molecular formula is C12H19BF2O2. The second kappa shape index (κ2) is 2.88. The summed E-state index contributed by atoms with van der Waals surface area (Å²) in [6.07, 6.45) is 1.71. The molecule has 1 saturated heterocycles. The zero-order valence-electron chi connectivity index (χ0n) is 10.8. The second-order valence-corrected chi connectivity index (χ2v) is 6.78. The lowest BCUT2D eigenvalue weighted by molar-refractivity contribution is 0.00578. The largest absolute Gasteiger partial charge is 0.471 e. The minimum atomic E-state index is -2.60. The summed E-state index contributed by atoms with van der Waals surface area (Å²) in [5, 5.41) is -1.03. The van der Waals surface area contributed by atoms with E-state index in [4.69, 9.17) is 9.31 Å². The van der Waals surface area contributed by atoms with E-state index in [1.165, 1.54) is 0 Å². The number of halogens is 2. The van der Waals surface area contributed by atoms with Crippen molar-refractivity contribution in [2.45, 2.75) is 69.4 Å². The molecule has 96 valence electrons. The van der Waals surface area contributed by atoms with Gasteiger partial charge < -0.3 is 9.31 Å². The van der Waals surface area contributed by atoms with Gasteiger partial charge >= 0.3 is 7.12 Å². The van der Waals surface area contributed by atoms with Crippen LogP contribution in [0.4, 0.5) is 8.78 Å². The number of hydrogen-bond donors (Lipinski definition) is 0. The maximum absolute atomic E-state index is 13.7. The molecule has 2 nitrogen and oxygen atoms in total. The zero-order chi connectivity index (χ0) is 12.7. The Hall–Kier alpha value is -0.155. The Labute approximate surface area is 101 Å². The fraction of sp³-hybridized carbons (Fsp3) is 1.00. The van der Waals surface area contributed by atoms with E-state index >= 15 is 0 Å². The maximum Gasteiger partial charge on any atom is 0.471 e. The van der Waals surface area contributed by atoms with Gasteiger partial charge in [0.1, 0.15) is 0 Å². The Kier molecular flexibility index (Phi) is 2.01. The summed E-state index contributed by atoms with van der Waals surface area (Å²) in [5.41, 5.74) is -1.03. The first kappa shape index (κ1) is 11.9. The van der Waals surface area contributed by atoms with Crippen LogP contribution in [0.1, 0.15) is 47.0 Å². The van der Waals surface area contributed by atoms with Crippen LogP contribution < -0.4 is 0 Å². The molecule has 0 aromatic rings. The molecule has 0 N–H and O–H groups in total. The quantitative estimate of drug-likeness (QED) is 0.694. The summed E-state index contributed by atoms with van der Waals surface area (Å²) in [7, 11) is -0.741. The Morgan fingerprint density at radius 3 is 1.71 bits per heavy atom. The zero-order valence-corrected chi connectivity index (χ0v) is 10.8. The van der Waals surface area contributed by atoms with Gasteiger partial charge in [0.15, 0.2) is 0 Å². The highest BCUT2D eigenvalue weighted by molar-refractivity contribution is 6.52. The van der Waals surface area contributed by atoms with Crippen molar-refractivity contribution in [2.24, 2.45) is 5.92 Å². The molecule has 0 radical (unpaired) electrons. The van der Waals surface area contributed by atoms with Crippen LogP contribution in [0.2, 0.25) is 5.31 Å². The van der Waals surface area contributed by atoms with Crippen molar-refractivity contribution in [2.75, 3.05) is 0 Å². The summed E-state index contributed by atoms with van der Waals surface area (Å²) in [5.74, 6) is -2.51. The predicted molar refractivity (Wildman–Crippen MR) is 61.1 cm³/mol. The lowest BCUT2D eigenvalue weighted by Crippen LogP contribution is -2.41. The highest BCUT2D eigenvalue weighted by Gasteiger charge is 2.84. The molecule has 0 aromatic carbocycles. The van der Waals surface area contributed by atoms with Crippen LogP contribution in [0.25, 0.3) is 0 Å². The van der Waals surface area contributed by atoms with E-state index in [0.29, 0.717) is 0 Å². The van der Waals surface area contributed by atoms with Crippen molar-refractivity contribution >= 4 is 7.12 Å². The normalized spacial score (nSPS) is 41.6. The van der Waals surface area contributed by atoms with E-state index in [0.717, 1.165) is 12.8 Å². The second-order valence-electron chi connectivity index (χ2n) is 6.78. The van der Waals surface area contributed by atoms with Crippen LogP contribution in [0, 0.1) is 5.92 Å². The van der Waals surface area contributed by atoms with Gasteiger partial charge in [0.25, 0.3) is 5.92 Å². The average molecular weight is 244 g/mol. The van der Waals surface area contributed by atoms with Crippen LogP contribution >= 0.6 is 0 Å². The van der Waals surface area contributed by atoms with Crippen LogP contribution in [0.3, 0.4) is 0 Å². The lowest BCUT2D eigenvalue weighted by atomic mass is 9.64. The van der Waals surface area contributed by atoms with Gasteiger partial charge in [-0.25, -0.2) is 8.78 Å². The van der Waals surface area contributed by atoms with Crippen molar-refractivity contribution in [1.29, 1.82) is 0 Å². The maximum atomic E-state index is 13.7. The third-order valence-corrected chi connectivity index (χ3v) is 5.05. The Morgan fingerprint density at radius 2 is 1.41 bits per heavy atom. The molecule has 17 heavy (non-hydrogen) atoms. The first-order valence-corrected chi connectivity index (χ1v) is 6.36. The minimum absolute atomic E-state index is 0.0680. The van der Waals surface area contributed by atoms with Gasteiger partial charge in [-0.3, -0.25) is 0 Å². The lowest BCUT2D eigenvalue weighted by Gasteiger charge is -2.32. The van der Waals surface area contributed by atoms with Crippen molar-refractivity contribution in [3.05, 3.63) is 0 Å². The number of hydrogen-bond acceptors (Lipinski definition) is 2. The molecule has 0 aromatic heterocycles. The summed E-state index contributed by atoms with van der Waals surface area (Å²) in [4.78, 5) is 0. The SMILES string of the molecule is CC1(C)OB(C2(C3CC3)CC2(F)F)OC1(C)C. The van der Waals surface area contributed by atoms with Crippen molar-refractivity contribution in [3.8, 4) is 0 Å². The van der Waals surface area contributed by atoms with Gasteiger partial charge in [0.05, 0.1) is 16.5 Å². The van der Waals surface area contributed by atoms with Crippen LogP contribution in [-0.4, -0.2) is 24.2 Å². The summed E-state index contributed by atoms with van der Waals surface area (Å²) in [6, 6.07) is 0. The predicted octanol–water partition coefficient (Wildman–Crippen LogP) is 3.27. The molecule has 3 rings (SSSR count). The van der Waals surface area contributed by atoms with E-state index in [1.807, 2.05) is 27.7 Å². The average Bonchev–Trinajstić information content (AvgIpc) is 2.97. The molecule has 2 aliphatic carbocycles. The molecule has 0 bridgehead atoms. The van der Waals surface area contributed by atoms with E-state index in [1.54, 1.807) is 0 Å². The van der Waals surface area contributed by atoms with Gasteiger partial charge in [-0.15, -0.1) is 0 Å². The molecule has 1 atom stereocenters. The van der Waals surface area contributed by atoms with Crippen LogP contribution in [0.5, 0.6) is 0 Å². The molecule has 3 aliphatic rings. The van der Waals surface area contributed by atoms with Gasteiger partial charge in [0.2, 0.25) is 0 Å². The third kappa shape index (κ3) is 1.38. The smallest absolute Gasteiger partial charge is 0.403 e. The van der Waals surface area contributed by atoms with Crippen molar-refractivity contribution < 1.29 is 18.1 Å². The summed E-state index contributed by atoms with van der Waals surface area (Å²) in [6.45, 7) is 7.64. The van der Waals surface area contributed by atoms with E-state index in [9.17, 15) is 8.78 Å². The molecule has 1 aliphatic heterocycles. The van der Waals surface area contributed by atoms with Crippen molar-refractivity contribution in [3.63, 3.8) is 0 Å². The van der Waals surface area contributed by atoms with E-state index in [-0.39, 0.29) is 12.3 Å². The molecule has 0 amide bonds. The summed E-state index contributed by atoms with van der Waals surface area (Å²) < 4.78 is 39.1. The molecule has 0 spiro atoms. The number of rotatable bonds is 2. The third-order valence-electron chi connectivity index (χ3n) is 5.05. The fourth-order valence-corrected chi connectivity index (χ4v) is 2.87. The van der Waals surface area contributed by atoms with Gasteiger partial charge in [-0.05, 0) is 46.5 Å². The first-order chi connectivity index (χ1) is 7.62. The van der Waals surface area contributed by atoms with Gasteiger partial charge in [-0.2, -0.15) is 0 Å². The molecule has 3 fully saturated rings. The van der Waals surface area contributed by atoms with E-state index in [2.05, 4.69) is 0 Å². The highest BCUT2D eigenvalue weighted by atomic mass is 19.3. The minimum Gasteiger partial charge on any atom is -0.403 e. The van der Waals surface area contributed by atoms with Gasteiger partial charge in [-0.1, -0.05) is 0 Å². The molecule has 1 heterocycles. The fourth-order valence-electron chi connectivity index (χ4n) is 2.87. The van der Waals surface area contributed by atoms with E-state index < -0.39 is 29.6 Å². The number of alkyl halides is 2. The molecule has 2 saturated carbocycles. The topological polar surface area (TPSA) is 18.5 Å². The molecular weight excluding hydrogens is 225 g/mol. The highest BCUT2D eigenvalue weighted by Crippen LogP contribution is 2.79. The van der Waals surface area contributed by atoms with Gasteiger partial charge in [0, 0.05) is 6.42 Å². The standard InChI is InChI=1S/C12H19BF2O2/c1-9(2)10(3,4)17-13(16-9)11(8-5-6-8)7-12(11,14)15/h8H,5-7H2,1-4H3. The Bertz CT molecular complexity index is 350.